The Morgan fingerprint density at radius 2 is 2.17 bits per heavy atom. The van der Waals surface area contributed by atoms with Gasteiger partial charge in [0.15, 0.2) is 5.96 Å². The Hall–Kier alpha value is -1.15. The number of benzene rings is 1. The topological polar surface area (TPSA) is 63.3 Å². The molecule has 130 valence electrons. The van der Waals surface area contributed by atoms with E-state index in [-0.39, 0.29) is 24.0 Å². The molecular formula is C18H25IN4S. The second kappa shape index (κ2) is 9.36. The van der Waals surface area contributed by atoms with Crippen molar-refractivity contribution in [3.63, 3.8) is 0 Å². The molecule has 24 heavy (non-hydrogen) atoms. The van der Waals surface area contributed by atoms with E-state index in [2.05, 4.69) is 29.4 Å². The van der Waals surface area contributed by atoms with Gasteiger partial charge in [0.1, 0.15) is 0 Å². The quantitative estimate of drug-likeness (QED) is 0.305. The molecule has 0 spiro atoms. The van der Waals surface area contributed by atoms with Gasteiger partial charge in [-0.2, -0.15) is 0 Å². The molecule has 0 bridgehead atoms. The zero-order chi connectivity index (χ0) is 16.1. The first-order valence-corrected chi connectivity index (χ1v) is 9.13. The van der Waals surface area contributed by atoms with Crippen LogP contribution >= 0.6 is 35.3 Å². The number of nitrogens with two attached hydrogens (primary N) is 1. The van der Waals surface area contributed by atoms with Crippen LogP contribution in [-0.2, 0) is 19.3 Å². The van der Waals surface area contributed by atoms with Crippen LogP contribution in [-0.4, -0.2) is 17.5 Å². The van der Waals surface area contributed by atoms with Crippen molar-refractivity contribution >= 4 is 47.0 Å². The highest BCUT2D eigenvalue weighted by molar-refractivity contribution is 14.0. The Labute approximate surface area is 165 Å². The van der Waals surface area contributed by atoms with Crippen LogP contribution in [0.5, 0.6) is 0 Å². The lowest BCUT2D eigenvalue weighted by molar-refractivity contribution is 0.679. The maximum absolute atomic E-state index is 5.94. The molecule has 0 amide bonds. The van der Waals surface area contributed by atoms with Crippen LogP contribution in [0.1, 0.15) is 40.4 Å². The fourth-order valence-electron chi connectivity index (χ4n) is 2.85. The van der Waals surface area contributed by atoms with Gasteiger partial charge in [-0.25, -0.2) is 4.98 Å². The van der Waals surface area contributed by atoms with Crippen molar-refractivity contribution in [3.8, 4) is 0 Å². The number of halogens is 1. The van der Waals surface area contributed by atoms with E-state index in [0.29, 0.717) is 5.96 Å². The largest absolute Gasteiger partial charge is 0.370 e. The van der Waals surface area contributed by atoms with E-state index in [9.17, 15) is 0 Å². The molecule has 1 aliphatic carbocycles. The van der Waals surface area contributed by atoms with Gasteiger partial charge in [-0.1, -0.05) is 12.1 Å². The summed E-state index contributed by atoms with van der Waals surface area (Å²) in [6.07, 6.45) is 6.99. The molecule has 1 aromatic heterocycles. The summed E-state index contributed by atoms with van der Waals surface area (Å²) in [6, 6.07) is 8.12. The minimum atomic E-state index is 0. The van der Waals surface area contributed by atoms with Crippen LogP contribution in [0.2, 0.25) is 0 Å². The molecule has 0 atom stereocenters. The van der Waals surface area contributed by atoms with Crippen molar-refractivity contribution in [2.75, 3.05) is 11.9 Å². The summed E-state index contributed by atoms with van der Waals surface area (Å²) in [5, 5.41) is 4.40. The highest BCUT2D eigenvalue weighted by atomic mass is 127. The van der Waals surface area contributed by atoms with Gasteiger partial charge in [-0.15, -0.1) is 35.3 Å². The molecule has 0 saturated heterocycles. The smallest absolute Gasteiger partial charge is 0.193 e. The molecule has 1 heterocycles. The van der Waals surface area contributed by atoms with Gasteiger partial charge in [-0.3, -0.25) is 4.99 Å². The van der Waals surface area contributed by atoms with E-state index >= 15 is 0 Å². The zero-order valence-electron chi connectivity index (χ0n) is 14.0. The van der Waals surface area contributed by atoms with Crippen molar-refractivity contribution in [2.24, 2.45) is 10.7 Å². The minimum Gasteiger partial charge on any atom is -0.370 e. The first-order chi connectivity index (χ1) is 11.2. The third-order valence-corrected chi connectivity index (χ3v) is 5.23. The third-order valence-electron chi connectivity index (χ3n) is 4.01. The summed E-state index contributed by atoms with van der Waals surface area (Å²) in [4.78, 5) is 10.7. The number of hydrogen-bond donors (Lipinski definition) is 2. The van der Waals surface area contributed by atoms with Gasteiger partial charge in [0, 0.05) is 23.5 Å². The predicted octanol–water partition coefficient (Wildman–Crippen LogP) is 4.31. The molecule has 4 nitrogen and oxygen atoms in total. The van der Waals surface area contributed by atoms with E-state index < -0.39 is 0 Å². The predicted molar refractivity (Wildman–Crippen MR) is 114 cm³/mol. The second-order valence-corrected chi connectivity index (χ2v) is 7.22. The molecule has 0 radical (unpaired) electrons. The number of fused-ring (bicyclic) bond motifs is 1. The molecule has 0 fully saturated rings. The van der Waals surface area contributed by atoms with Crippen molar-refractivity contribution in [3.05, 3.63) is 45.4 Å². The first kappa shape index (κ1) is 19.2. The highest BCUT2D eigenvalue weighted by Gasteiger charge is 2.14. The maximum Gasteiger partial charge on any atom is 0.193 e. The van der Waals surface area contributed by atoms with Crippen LogP contribution in [0, 0.1) is 6.92 Å². The number of rotatable bonds is 5. The van der Waals surface area contributed by atoms with Crippen molar-refractivity contribution < 1.29 is 0 Å². The summed E-state index contributed by atoms with van der Waals surface area (Å²) in [5.41, 5.74) is 9.48. The molecule has 3 N–H and O–H groups in total. The Morgan fingerprint density at radius 1 is 1.33 bits per heavy atom. The number of anilines is 1. The van der Waals surface area contributed by atoms with E-state index in [4.69, 9.17) is 10.7 Å². The van der Waals surface area contributed by atoms with Gasteiger partial charge in [0.05, 0.1) is 10.7 Å². The van der Waals surface area contributed by atoms with Gasteiger partial charge < -0.3 is 11.1 Å². The maximum atomic E-state index is 5.94. The highest BCUT2D eigenvalue weighted by Crippen LogP contribution is 2.27. The van der Waals surface area contributed by atoms with E-state index in [0.717, 1.165) is 31.5 Å². The van der Waals surface area contributed by atoms with Crippen LogP contribution < -0.4 is 11.1 Å². The normalized spacial score (nSPS) is 14.0. The number of hydrogen-bond acceptors (Lipinski definition) is 3. The number of nitrogens with one attached hydrogen (secondary N) is 1. The number of aryl methyl sites for hydroxylation is 4. The van der Waals surface area contributed by atoms with Gasteiger partial charge in [0.25, 0.3) is 0 Å². The van der Waals surface area contributed by atoms with E-state index in [1.807, 2.05) is 23.5 Å². The number of thiazole rings is 1. The van der Waals surface area contributed by atoms with Crippen molar-refractivity contribution in [1.82, 2.24) is 4.98 Å². The second-order valence-electron chi connectivity index (χ2n) is 6.05. The monoisotopic (exact) mass is 456 g/mol. The Bertz CT molecular complexity index is 673. The van der Waals surface area contributed by atoms with E-state index in [1.54, 1.807) is 0 Å². The summed E-state index contributed by atoms with van der Waals surface area (Å²) < 4.78 is 0. The average Bonchev–Trinajstić information content (AvgIpc) is 2.94. The Balaban J connectivity index is 0.00000208. The SMILES string of the molecule is Cc1cccc(NC(N)=NCCCc2nc3c(s2)CCCC3)c1.I. The van der Waals surface area contributed by atoms with Gasteiger partial charge in [-0.05, 0) is 56.7 Å². The number of aromatic nitrogens is 1. The Kier molecular flexibility index (Phi) is 7.48. The molecule has 1 aliphatic rings. The van der Waals surface area contributed by atoms with Crippen LogP contribution in [0.3, 0.4) is 0 Å². The summed E-state index contributed by atoms with van der Waals surface area (Å²) in [6.45, 7) is 2.79. The fraction of sp³-hybridized carbons (Fsp3) is 0.444. The molecule has 3 rings (SSSR count). The van der Waals surface area contributed by atoms with Gasteiger partial charge in [0.2, 0.25) is 0 Å². The third kappa shape index (κ3) is 5.44. The number of nitrogens with zero attached hydrogens (tertiary/aromatic N) is 2. The summed E-state index contributed by atoms with van der Waals surface area (Å²) in [7, 11) is 0. The van der Waals surface area contributed by atoms with Crippen molar-refractivity contribution in [1.29, 1.82) is 0 Å². The van der Waals surface area contributed by atoms with Gasteiger partial charge >= 0.3 is 0 Å². The molecular weight excluding hydrogens is 431 g/mol. The molecule has 0 saturated carbocycles. The average molecular weight is 456 g/mol. The molecule has 6 heteroatoms. The molecule has 0 unspecified atom stereocenters. The van der Waals surface area contributed by atoms with Crippen LogP contribution in [0.15, 0.2) is 29.3 Å². The summed E-state index contributed by atoms with van der Waals surface area (Å²) >= 11 is 1.89. The Morgan fingerprint density at radius 3 is 2.96 bits per heavy atom. The molecule has 2 aromatic rings. The number of aliphatic imine (C=N–C) groups is 1. The zero-order valence-corrected chi connectivity index (χ0v) is 17.2. The first-order valence-electron chi connectivity index (χ1n) is 8.32. The summed E-state index contributed by atoms with van der Waals surface area (Å²) in [5.74, 6) is 0.481. The fourth-order valence-corrected chi connectivity index (χ4v) is 4.05. The lowest BCUT2D eigenvalue weighted by atomic mass is 10.0. The molecule has 0 aliphatic heterocycles. The number of guanidine groups is 1. The minimum absolute atomic E-state index is 0. The van der Waals surface area contributed by atoms with Crippen LogP contribution in [0.25, 0.3) is 0 Å². The van der Waals surface area contributed by atoms with Crippen molar-refractivity contribution in [2.45, 2.75) is 45.4 Å². The standard InChI is InChI=1S/C18H24N4S.HI/c1-13-6-4-7-14(12-13)21-18(19)20-11-5-10-17-22-15-8-2-3-9-16(15)23-17;/h4,6-7,12H,2-3,5,8-11H2,1H3,(H3,19,20,21);1H. The lowest BCUT2D eigenvalue weighted by Gasteiger charge is -2.06. The molecule has 1 aromatic carbocycles. The van der Waals surface area contributed by atoms with E-state index in [1.165, 1.54) is 40.4 Å². The lowest BCUT2D eigenvalue weighted by Crippen LogP contribution is -2.22. The van der Waals surface area contributed by atoms with Crippen LogP contribution in [0.4, 0.5) is 5.69 Å².